The van der Waals surface area contributed by atoms with Gasteiger partial charge in [-0.25, -0.2) is 4.98 Å². The molecule has 0 bridgehead atoms. The first kappa shape index (κ1) is 10.1. The van der Waals surface area contributed by atoms with Crippen molar-refractivity contribution in [2.24, 2.45) is 0 Å². The molecule has 1 aromatic heterocycles. The van der Waals surface area contributed by atoms with Crippen LogP contribution in [0.5, 0.6) is 0 Å². The summed E-state index contributed by atoms with van der Waals surface area (Å²) in [5.74, 6) is -0.222. The van der Waals surface area contributed by atoms with Gasteiger partial charge in [0.15, 0.2) is 10.6 Å². The maximum absolute atomic E-state index is 6.85. The number of hydrogen-bond donors (Lipinski definition) is 0. The molecule has 0 radical (unpaired) electrons. The molecule has 0 atom stereocenters. The second-order valence-corrected chi connectivity index (χ2v) is 1.87. The van der Waals surface area contributed by atoms with Gasteiger partial charge < -0.3 is 15.7 Å². The van der Waals surface area contributed by atoms with Crippen LogP contribution < -0.4 is 0 Å². The summed E-state index contributed by atoms with van der Waals surface area (Å²) in [6.45, 7) is 0. The minimum Gasteiger partial charge on any atom is -0.410 e. The van der Waals surface area contributed by atoms with Crippen LogP contribution in [0.2, 0.25) is 10.6 Å². The van der Waals surface area contributed by atoms with Crippen LogP contribution in [-0.2, 0) is 22.4 Å². The fourth-order valence-corrected chi connectivity index (χ4v) is 0.689. The molecular weight excluding hydrogens is 360 g/mol. The van der Waals surface area contributed by atoms with E-state index >= 15 is 0 Å². The van der Waals surface area contributed by atoms with Crippen molar-refractivity contribution in [3.05, 3.63) is 16.3 Å². The van der Waals surface area contributed by atoms with E-state index in [1.165, 1.54) is 0 Å². The Morgan fingerprint density at radius 1 is 1.00 bits per heavy atom. The van der Waals surface area contributed by atoms with Crippen LogP contribution >= 0.6 is 23.2 Å². The van der Waals surface area contributed by atoms with Crippen LogP contribution in [0.25, 0.3) is 5.73 Å². The summed E-state index contributed by atoms with van der Waals surface area (Å²) in [5.41, 5.74) is 6.85. The first-order valence-electron chi connectivity index (χ1n) is 1.97. The minimum atomic E-state index is -0.222. The van der Waals surface area contributed by atoms with Gasteiger partial charge in [-0.2, -0.15) is 0 Å². The molecule has 0 saturated heterocycles. The molecule has 0 spiro atoms. The fraction of sp³-hybridized carbons (Fsp3) is 0. The van der Waals surface area contributed by atoms with E-state index in [9.17, 15) is 0 Å². The smallest absolute Gasteiger partial charge is 0.410 e. The number of nitrogens with one attached hydrogen (secondary N) is 1. The Labute approximate surface area is 82.7 Å². The van der Waals surface area contributed by atoms with Crippen molar-refractivity contribution in [2.75, 3.05) is 0 Å². The van der Waals surface area contributed by atoms with Crippen LogP contribution in [-0.4, -0.2) is 15.0 Å². The molecule has 1 N–H and O–H groups in total. The Morgan fingerprint density at radius 2 is 1.40 bits per heavy atom. The molecule has 1 rings (SSSR count). The zero-order valence-corrected chi connectivity index (χ0v) is 8.08. The maximum atomic E-state index is 6.85. The average molecular weight is 361 g/mol. The van der Waals surface area contributed by atoms with E-state index < -0.39 is 0 Å². The van der Waals surface area contributed by atoms with Crippen LogP contribution in [0.15, 0.2) is 0 Å². The summed E-state index contributed by atoms with van der Waals surface area (Å²) >= 11 is 10.6. The summed E-state index contributed by atoms with van der Waals surface area (Å²) < 4.78 is 0. The molecule has 0 saturated carbocycles. The van der Waals surface area contributed by atoms with Crippen LogP contribution in [0.1, 0.15) is 0 Å². The van der Waals surface area contributed by atoms with Crippen molar-refractivity contribution in [3.63, 3.8) is 0 Å². The number of nitrogens with zero attached hydrogens (tertiary/aromatic N) is 3. The molecule has 0 aromatic carbocycles. The summed E-state index contributed by atoms with van der Waals surface area (Å²) in [5, 5.41) is -0.111. The molecule has 0 unspecified atom stereocenters. The van der Waals surface area contributed by atoms with Gasteiger partial charge in [0.1, 0.15) is 0 Å². The quantitative estimate of drug-likeness (QED) is 0.663. The van der Waals surface area contributed by atoms with Crippen molar-refractivity contribution in [2.45, 2.75) is 0 Å². The van der Waals surface area contributed by atoms with Crippen LogP contribution in [0.3, 0.4) is 0 Å². The number of hydrogen-bond acceptors (Lipinski definition) is 3. The molecule has 4 nitrogen and oxygen atoms in total. The summed E-state index contributed by atoms with van der Waals surface area (Å²) in [6, 6.07) is 0. The molecule has 1 aromatic rings. The molecule has 0 aliphatic rings. The third-order valence-electron chi connectivity index (χ3n) is 0.581. The van der Waals surface area contributed by atoms with Gasteiger partial charge in [0.05, 0.1) is 0 Å². The van der Waals surface area contributed by atoms with Gasteiger partial charge in [0.25, 0.3) is 0 Å². The Balaban J connectivity index is 0.000000810. The molecule has 7 heteroatoms. The average Bonchev–Trinajstić information content (AvgIpc) is 1.59. The van der Waals surface area contributed by atoms with E-state index in [2.05, 4.69) is 15.0 Å². The summed E-state index contributed by atoms with van der Waals surface area (Å²) in [6.07, 6.45) is 0. The summed E-state index contributed by atoms with van der Waals surface area (Å²) in [4.78, 5) is 10.1. The Hall–Kier alpha value is 0.130. The summed E-state index contributed by atoms with van der Waals surface area (Å²) in [7, 11) is 0. The zero-order valence-electron chi connectivity index (χ0n) is 4.40. The van der Waals surface area contributed by atoms with Gasteiger partial charge in [0.2, 0.25) is 0 Å². The third-order valence-corrected chi connectivity index (χ3v) is 0.919. The molecule has 58 valence electrons. The van der Waals surface area contributed by atoms with Gasteiger partial charge in [0, 0.05) is 5.95 Å². The van der Waals surface area contributed by atoms with Crippen molar-refractivity contribution in [1.29, 1.82) is 0 Å². The van der Waals surface area contributed by atoms with Crippen molar-refractivity contribution in [3.8, 4) is 0 Å². The first-order valence-corrected chi connectivity index (χ1v) is 2.73. The first-order chi connectivity index (χ1) is 4.18. The Morgan fingerprint density at radius 3 is 1.70 bits per heavy atom. The number of aromatic nitrogens is 3. The van der Waals surface area contributed by atoms with E-state index in [0.717, 1.165) is 0 Å². The Kier molecular flexibility index (Phi) is 4.16. The Bertz CT molecular complexity index is 179. The largest absolute Gasteiger partial charge is 1.00 e. The third kappa shape index (κ3) is 2.81. The predicted octanol–water partition coefficient (Wildman–Crippen LogP) is 1.86. The maximum Gasteiger partial charge on any atom is 1.00 e. The van der Waals surface area contributed by atoms with Gasteiger partial charge in [-0.05, 0) is 0 Å². The topological polar surface area (TPSA) is 62.5 Å². The molecule has 0 amide bonds. The molecule has 0 aliphatic heterocycles. The standard InChI is InChI=1S/C3HCl2N4.Au/c4-1-7-2(5)9-3(6)8-1;/h(H-,6,7,8,9);/q-1;+1. The normalized spacial score (nSPS) is 8.60. The van der Waals surface area contributed by atoms with Gasteiger partial charge >= 0.3 is 22.4 Å². The minimum absolute atomic E-state index is 0. The van der Waals surface area contributed by atoms with Gasteiger partial charge in [-0.3, -0.25) is 0 Å². The number of halogens is 2. The van der Waals surface area contributed by atoms with Gasteiger partial charge in [-0.15, -0.1) is 0 Å². The predicted molar refractivity (Wildman–Crippen MR) is 33.8 cm³/mol. The monoisotopic (exact) mass is 360 g/mol. The molecular formula is C3HAuCl2N4. The van der Waals surface area contributed by atoms with Crippen LogP contribution in [0, 0.1) is 0 Å². The molecule has 0 fully saturated rings. The molecule has 10 heavy (non-hydrogen) atoms. The number of rotatable bonds is 0. The molecule has 0 aliphatic carbocycles. The van der Waals surface area contributed by atoms with E-state index in [4.69, 9.17) is 28.9 Å². The zero-order chi connectivity index (χ0) is 6.85. The van der Waals surface area contributed by atoms with E-state index in [-0.39, 0.29) is 38.9 Å². The van der Waals surface area contributed by atoms with Gasteiger partial charge in [-0.1, -0.05) is 23.2 Å². The van der Waals surface area contributed by atoms with E-state index in [1.807, 2.05) is 0 Å². The van der Waals surface area contributed by atoms with Crippen molar-refractivity contribution < 1.29 is 22.4 Å². The fourth-order valence-electron chi connectivity index (χ4n) is 0.326. The second kappa shape index (κ2) is 4.10. The van der Waals surface area contributed by atoms with Crippen LogP contribution in [0.4, 0.5) is 5.95 Å². The van der Waals surface area contributed by atoms with Crippen molar-refractivity contribution in [1.82, 2.24) is 15.0 Å². The van der Waals surface area contributed by atoms with E-state index in [1.54, 1.807) is 0 Å². The molecule has 1 heterocycles. The van der Waals surface area contributed by atoms with Crippen molar-refractivity contribution >= 4 is 29.2 Å². The second-order valence-electron chi connectivity index (χ2n) is 1.20. The SMILES string of the molecule is [Au+].[NH-]c1nc(Cl)nc(Cl)n1. The van der Waals surface area contributed by atoms with E-state index in [0.29, 0.717) is 0 Å².